The molecule has 3 aromatic rings. The SMILES string of the molecule is CCOc1cc(C=Nn2c(C3CCCCC3)nc3ccc(Br)cc3c2=O)c(Br)cc1O[C@H](C)C(=O)O. The van der Waals surface area contributed by atoms with Gasteiger partial charge in [-0.3, -0.25) is 4.79 Å². The highest BCUT2D eigenvalue weighted by Crippen LogP contribution is 2.35. The maximum atomic E-state index is 13.5. The van der Waals surface area contributed by atoms with E-state index in [9.17, 15) is 14.7 Å². The predicted molar refractivity (Wildman–Crippen MR) is 146 cm³/mol. The average molecular weight is 621 g/mol. The van der Waals surface area contributed by atoms with E-state index in [1.54, 1.807) is 24.4 Å². The van der Waals surface area contributed by atoms with Gasteiger partial charge in [0.2, 0.25) is 0 Å². The van der Waals surface area contributed by atoms with Crippen LogP contribution in [0.1, 0.15) is 63.3 Å². The summed E-state index contributed by atoms with van der Waals surface area (Å²) in [5, 5.41) is 14.3. The molecule has 0 bridgehead atoms. The quantitative estimate of drug-likeness (QED) is 0.305. The molecule has 2 aromatic carbocycles. The minimum absolute atomic E-state index is 0.160. The van der Waals surface area contributed by atoms with Crippen LogP contribution in [0.3, 0.4) is 0 Å². The Hall–Kier alpha value is -2.72. The molecule has 1 fully saturated rings. The van der Waals surface area contributed by atoms with Crippen LogP contribution in [-0.2, 0) is 4.79 Å². The van der Waals surface area contributed by atoms with Crippen molar-refractivity contribution in [2.45, 2.75) is 58.0 Å². The Kier molecular flexibility index (Phi) is 8.46. The van der Waals surface area contributed by atoms with Crippen LogP contribution in [-0.4, -0.2) is 39.7 Å². The molecular formula is C26H27Br2N3O5. The molecule has 0 radical (unpaired) electrons. The largest absolute Gasteiger partial charge is 0.490 e. The lowest BCUT2D eigenvalue weighted by atomic mass is 9.88. The summed E-state index contributed by atoms with van der Waals surface area (Å²) in [6, 6.07) is 8.85. The summed E-state index contributed by atoms with van der Waals surface area (Å²) in [4.78, 5) is 29.7. The lowest BCUT2D eigenvalue weighted by molar-refractivity contribution is -0.144. The smallest absolute Gasteiger partial charge is 0.344 e. The standard InChI is InChI=1S/C26H27Br2N3O5/c1-3-35-22-11-17(20(28)13-23(22)36-15(2)26(33)34)14-29-31-24(16-7-5-4-6-8-16)30-21-10-9-18(27)12-19(21)25(31)32/h9-16H,3-8H2,1-2H3,(H,33,34)/t15-/m1/s1. The van der Waals surface area contributed by atoms with Crippen LogP contribution in [0.15, 0.2) is 49.2 Å². The highest BCUT2D eigenvalue weighted by atomic mass is 79.9. The zero-order chi connectivity index (χ0) is 25.8. The first kappa shape index (κ1) is 26.3. The molecule has 0 amide bonds. The van der Waals surface area contributed by atoms with Crippen molar-refractivity contribution in [3.63, 3.8) is 0 Å². The van der Waals surface area contributed by atoms with Crippen LogP contribution < -0.4 is 15.0 Å². The number of carboxylic acids is 1. The Labute approximate surface area is 225 Å². The minimum Gasteiger partial charge on any atom is -0.490 e. The number of fused-ring (bicyclic) bond motifs is 1. The van der Waals surface area contributed by atoms with E-state index in [2.05, 4.69) is 37.0 Å². The fraction of sp³-hybridized carbons (Fsp3) is 0.385. The number of carbonyl (C=O) groups is 1. The highest BCUT2D eigenvalue weighted by Gasteiger charge is 2.23. The lowest BCUT2D eigenvalue weighted by Gasteiger charge is -2.22. The molecule has 10 heteroatoms. The summed E-state index contributed by atoms with van der Waals surface area (Å²) in [5.74, 6) is 0.433. The van der Waals surface area contributed by atoms with E-state index >= 15 is 0 Å². The number of hydrogen-bond donors (Lipinski definition) is 1. The molecule has 0 unspecified atom stereocenters. The molecule has 36 heavy (non-hydrogen) atoms. The maximum Gasteiger partial charge on any atom is 0.344 e. The molecule has 1 aliphatic carbocycles. The summed E-state index contributed by atoms with van der Waals surface area (Å²) in [6.07, 6.45) is 5.86. The van der Waals surface area contributed by atoms with Crippen molar-refractivity contribution in [1.82, 2.24) is 9.66 Å². The number of aromatic nitrogens is 2. The summed E-state index contributed by atoms with van der Waals surface area (Å²) >= 11 is 6.96. The van der Waals surface area contributed by atoms with Crippen LogP contribution in [0.5, 0.6) is 11.5 Å². The van der Waals surface area contributed by atoms with E-state index in [0.29, 0.717) is 44.9 Å². The zero-order valence-electron chi connectivity index (χ0n) is 20.0. The van der Waals surface area contributed by atoms with Crippen LogP contribution in [0, 0.1) is 0 Å². The van der Waals surface area contributed by atoms with Crippen LogP contribution >= 0.6 is 31.9 Å². The second-order valence-corrected chi connectivity index (χ2v) is 10.4. The lowest BCUT2D eigenvalue weighted by Crippen LogP contribution is -2.25. The number of ether oxygens (including phenoxy) is 2. The van der Waals surface area contributed by atoms with Crippen molar-refractivity contribution in [2.24, 2.45) is 5.10 Å². The second kappa shape index (κ2) is 11.6. The number of carboxylic acid groups (broad SMARTS) is 1. The molecule has 1 atom stereocenters. The van der Waals surface area contributed by atoms with Crippen molar-refractivity contribution in [3.05, 3.63) is 61.0 Å². The van der Waals surface area contributed by atoms with Gasteiger partial charge in [0.05, 0.1) is 23.7 Å². The van der Waals surface area contributed by atoms with Crippen molar-refractivity contribution in [2.75, 3.05) is 6.61 Å². The molecule has 1 aromatic heterocycles. The maximum absolute atomic E-state index is 13.5. The minimum atomic E-state index is -1.08. The Morgan fingerprint density at radius 3 is 2.67 bits per heavy atom. The molecule has 0 saturated heterocycles. The molecular weight excluding hydrogens is 594 g/mol. The summed E-state index contributed by atoms with van der Waals surface area (Å²) in [7, 11) is 0. The van der Waals surface area contributed by atoms with E-state index in [4.69, 9.17) is 14.5 Å². The van der Waals surface area contributed by atoms with Gasteiger partial charge in [-0.25, -0.2) is 9.78 Å². The number of rotatable bonds is 8. The van der Waals surface area contributed by atoms with Gasteiger partial charge in [0, 0.05) is 20.4 Å². The first-order valence-corrected chi connectivity index (χ1v) is 13.5. The molecule has 8 nitrogen and oxygen atoms in total. The van der Waals surface area contributed by atoms with Crippen molar-refractivity contribution in [1.29, 1.82) is 0 Å². The molecule has 4 rings (SSSR count). The Morgan fingerprint density at radius 1 is 1.22 bits per heavy atom. The fourth-order valence-electron chi connectivity index (χ4n) is 4.27. The van der Waals surface area contributed by atoms with Crippen LogP contribution in [0.25, 0.3) is 10.9 Å². The van der Waals surface area contributed by atoms with Gasteiger partial charge in [-0.15, -0.1) is 0 Å². The molecule has 0 aliphatic heterocycles. The van der Waals surface area contributed by atoms with Gasteiger partial charge >= 0.3 is 5.97 Å². The van der Waals surface area contributed by atoms with Crippen LogP contribution in [0.2, 0.25) is 0 Å². The monoisotopic (exact) mass is 619 g/mol. The van der Waals surface area contributed by atoms with E-state index < -0.39 is 12.1 Å². The van der Waals surface area contributed by atoms with E-state index in [0.717, 1.165) is 30.2 Å². The molecule has 1 aliphatic rings. The number of hydrogen-bond acceptors (Lipinski definition) is 6. The van der Waals surface area contributed by atoms with Crippen molar-refractivity contribution in [3.8, 4) is 11.5 Å². The van der Waals surface area contributed by atoms with Gasteiger partial charge in [0.15, 0.2) is 17.6 Å². The van der Waals surface area contributed by atoms with Gasteiger partial charge < -0.3 is 14.6 Å². The second-order valence-electron chi connectivity index (χ2n) is 8.68. The fourth-order valence-corrected chi connectivity index (χ4v) is 5.06. The molecule has 190 valence electrons. The predicted octanol–water partition coefficient (Wildman–Crippen LogP) is 6.10. The van der Waals surface area contributed by atoms with Crippen LogP contribution in [0.4, 0.5) is 0 Å². The van der Waals surface area contributed by atoms with Crippen molar-refractivity contribution < 1.29 is 19.4 Å². The van der Waals surface area contributed by atoms with E-state index in [1.807, 2.05) is 19.1 Å². The summed E-state index contributed by atoms with van der Waals surface area (Å²) in [5.41, 5.74) is 1.07. The Balaban J connectivity index is 1.79. The summed E-state index contributed by atoms with van der Waals surface area (Å²) < 4.78 is 14.1. The molecule has 1 saturated carbocycles. The summed E-state index contributed by atoms with van der Waals surface area (Å²) in [6.45, 7) is 3.64. The topological polar surface area (TPSA) is 103 Å². The zero-order valence-corrected chi connectivity index (χ0v) is 23.2. The first-order chi connectivity index (χ1) is 17.3. The molecule has 1 heterocycles. The van der Waals surface area contributed by atoms with Gasteiger partial charge in [0.25, 0.3) is 5.56 Å². The number of halogens is 2. The van der Waals surface area contributed by atoms with Gasteiger partial charge in [-0.2, -0.15) is 9.78 Å². The van der Waals surface area contributed by atoms with Gasteiger partial charge in [-0.1, -0.05) is 35.2 Å². The number of aliphatic carboxylic acids is 1. The molecule has 0 spiro atoms. The number of benzene rings is 2. The normalized spacial score (nSPS) is 15.3. The van der Waals surface area contributed by atoms with Gasteiger partial charge in [0.1, 0.15) is 5.82 Å². The highest BCUT2D eigenvalue weighted by molar-refractivity contribution is 9.10. The van der Waals surface area contributed by atoms with E-state index in [1.165, 1.54) is 18.0 Å². The van der Waals surface area contributed by atoms with E-state index in [-0.39, 0.29) is 11.5 Å². The van der Waals surface area contributed by atoms with Gasteiger partial charge in [-0.05, 0) is 73.0 Å². The average Bonchev–Trinajstić information content (AvgIpc) is 2.86. The molecule has 1 N–H and O–H groups in total. The Bertz CT molecular complexity index is 1370. The third-order valence-corrected chi connectivity index (χ3v) is 7.31. The Morgan fingerprint density at radius 2 is 1.97 bits per heavy atom. The third kappa shape index (κ3) is 5.81. The van der Waals surface area contributed by atoms with Crippen molar-refractivity contribution >= 4 is 54.9 Å². The number of nitrogens with zero attached hydrogens (tertiary/aromatic N) is 3. The third-order valence-electron chi connectivity index (χ3n) is 6.13. The first-order valence-electron chi connectivity index (χ1n) is 11.9.